The van der Waals surface area contributed by atoms with Gasteiger partial charge in [0.25, 0.3) is 5.91 Å². The quantitative estimate of drug-likeness (QED) is 0.580. The molecule has 3 aromatic rings. The molecular weight excluding hydrogens is 400 g/mol. The Morgan fingerprint density at radius 2 is 2.08 bits per heavy atom. The van der Waals surface area contributed by atoms with E-state index in [9.17, 15) is 4.79 Å². The summed E-state index contributed by atoms with van der Waals surface area (Å²) in [6.45, 7) is 4.41. The van der Waals surface area contributed by atoms with Crippen LogP contribution in [0.3, 0.4) is 0 Å². The number of rotatable bonds is 5. The van der Waals surface area contributed by atoms with E-state index in [4.69, 9.17) is 4.74 Å². The van der Waals surface area contributed by atoms with E-state index in [1.807, 2.05) is 47.0 Å². The Morgan fingerprint density at radius 1 is 1.32 bits per heavy atom. The molecule has 3 rings (SSSR count). The number of nitrogens with zero attached hydrogens (tertiary/aromatic N) is 2. The molecular formula is C19H17BrN2O2S. The first kappa shape index (κ1) is 17.6. The van der Waals surface area contributed by atoms with Crippen molar-refractivity contribution in [2.75, 3.05) is 7.11 Å². The second kappa shape index (κ2) is 7.80. The summed E-state index contributed by atoms with van der Waals surface area (Å²) in [5.41, 5.74) is 1.96. The predicted octanol–water partition coefficient (Wildman–Crippen LogP) is 4.33. The first-order valence-corrected chi connectivity index (χ1v) is 9.32. The molecule has 0 saturated heterocycles. The van der Waals surface area contributed by atoms with Crippen LogP contribution in [0.1, 0.15) is 5.56 Å². The Hall–Kier alpha value is -2.18. The van der Waals surface area contributed by atoms with Crippen LogP contribution in [0.5, 0.6) is 5.75 Å². The third-order valence-corrected chi connectivity index (χ3v) is 5.23. The van der Waals surface area contributed by atoms with Crippen LogP contribution in [-0.4, -0.2) is 17.6 Å². The molecule has 2 aromatic carbocycles. The number of carbonyl (C=O) groups excluding carboxylic acids is 1. The van der Waals surface area contributed by atoms with Gasteiger partial charge in [-0.2, -0.15) is 4.99 Å². The van der Waals surface area contributed by atoms with Crippen LogP contribution < -0.4 is 9.54 Å². The fourth-order valence-corrected chi connectivity index (χ4v) is 4.11. The number of benzene rings is 2. The summed E-state index contributed by atoms with van der Waals surface area (Å²) in [7, 11) is 1.62. The number of methoxy groups -OCH3 is 1. The number of thiazole rings is 1. The highest BCUT2D eigenvalue weighted by Crippen LogP contribution is 2.22. The van der Waals surface area contributed by atoms with Crippen molar-refractivity contribution in [3.05, 3.63) is 70.0 Å². The average molecular weight is 417 g/mol. The van der Waals surface area contributed by atoms with E-state index in [0.717, 1.165) is 26.0 Å². The molecule has 1 aromatic heterocycles. The summed E-state index contributed by atoms with van der Waals surface area (Å²) < 4.78 is 9.22. The molecule has 1 amide bonds. The van der Waals surface area contributed by atoms with Crippen molar-refractivity contribution < 1.29 is 9.53 Å². The molecule has 6 heteroatoms. The molecule has 0 radical (unpaired) electrons. The third kappa shape index (κ3) is 4.08. The summed E-state index contributed by atoms with van der Waals surface area (Å²) in [6.07, 6.45) is 2.07. The SMILES string of the molecule is C=CCn1c(=NC(=O)Cc2ccc(OC)cc2)sc2cc(Br)ccc21. The molecule has 1 heterocycles. The molecule has 0 aliphatic rings. The van der Waals surface area contributed by atoms with Crippen molar-refractivity contribution >= 4 is 43.4 Å². The van der Waals surface area contributed by atoms with Crippen molar-refractivity contribution in [2.24, 2.45) is 4.99 Å². The number of hydrogen-bond acceptors (Lipinski definition) is 3. The number of halogens is 1. The second-order valence-corrected chi connectivity index (χ2v) is 7.35. The molecule has 0 unspecified atom stereocenters. The fraction of sp³-hybridized carbons (Fsp3) is 0.158. The lowest BCUT2D eigenvalue weighted by Crippen LogP contribution is -2.16. The Bertz CT molecular complexity index is 987. The Balaban J connectivity index is 1.94. The van der Waals surface area contributed by atoms with Gasteiger partial charge in [0, 0.05) is 11.0 Å². The van der Waals surface area contributed by atoms with Gasteiger partial charge in [0.2, 0.25) is 0 Å². The maximum atomic E-state index is 12.4. The van der Waals surface area contributed by atoms with E-state index < -0.39 is 0 Å². The Labute approximate surface area is 158 Å². The van der Waals surface area contributed by atoms with Gasteiger partial charge in [0.15, 0.2) is 4.80 Å². The first-order chi connectivity index (χ1) is 12.1. The monoisotopic (exact) mass is 416 g/mol. The topological polar surface area (TPSA) is 43.6 Å². The van der Waals surface area contributed by atoms with E-state index in [0.29, 0.717) is 11.3 Å². The number of allylic oxidation sites excluding steroid dienone is 1. The van der Waals surface area contributed by atoms with Crippen LogP contribution in [0.15, 0.2) is 64.6 Å². The molecule has 0 atom stereocenters. The summed E-state index contributed by atoms with van der Waals surface area (Å²) >= 11 is 4.98. The summed E-state index contributed by atoms with van der Waals surface area (Å²) in [4.78, 5) is 17.4. The Morgan fingerprint density at radius 3 is 2.76 bits per heavy atom. The molecule has 0 fully saturated rings. The molecule has 0 saturated carbocycles. The van der Waals surface area contributed by atoms with Crippen molar-refractivity contribution in [3.8, 4) is 5.75 Å². The standard InChI is InChI=1S/C19H17BrN2O2S/c1-3-10-22-16-9-6-14(20)12-17(16)25-19(22)21-18(23)11-13-4-7-15(24-2)8-5-13/h3-9,12H,1,10-11H2,2H3. The predicted molar refractivity (Wildman–Crippen MR) is 105 cm³/mol. The van der Waals surface area contributed by atoms with E-state index in [1.54, 1.807) is 13.2 Å². The maximum absolute atomic E-state index is 12.4. The minimum atomic E-state index is -0.173. The van der Waals surface area contributed by atoms with Gasteiger partial charge >= 0.3 is 0 Å². The van der Waals surface area contributed by atoms with E-state index >= 15 is 0 Å². The van der Waals surface area contributed by atoms with E-state index in [-0.39, 0.29) is 12.3 Å². The van der Waals surface area contributed by atoms with Gasteiger partial charge in [-0.05, 0) is 35.9 Å². The van der Waals surface area contributed by atoms with Gasteiger partial charge < -0.3 is 9.30 Å². The molecule has 0 aliphatic carbocycles. The van der Waals surface area contributed by atoms with Crippen LogP contribution in [-0.2, 0) is 17.8 Å². The lowest BCUT2D eigenvalue weighted by molar-refractivity contribution is -0.117. The smallest absolute Gasteiger partial charge is 0.252 e. The summed E-state index contributed by atoms with van der Waals surface area (Å²) in [6, 6.07) is 13.5. The van der Waals surface area contributed by atoms with Crippen LogP contribution in [0.2, 0.25) is 0 Å². The largest absolute Gasteiger partial charge is 0.497 e. The van der Waals surface area contributed by atoms with Crippen LogP contribution in [0.25, 0.3) is 10.2 Å². The minimum Gasteiger partial charge on any atom is -0.497 e. The molecule has 4 nitrogen and oxygen atoms in total. The molecule has 0 spiro atoms. The lowest BCUT2D eigenvalue weighted by Gasteiger charge is -2.02. The van der Waals surface area contributed by atoms with Gasteiger partial charge in [-0.25, -0.2) is 0 Å². The highest BCUT2D eigenvalue weighted by atomic mass is 79.9. The summed E-state index contributed by atoms with van der Waals surface area (Å²) in [5, 5.41) is 0. The molecule has 0 aliphatic heterocycles. The van der Waals surface area contributed by atoms with E-state index in [2.05, 4.69) is 27.5 Å². The number of ether oxygens (including phenoxy) is 1. The van der Waals surface area contributed by atoms with Crippen molar-refractivity contribution in [1.82, 2.24) is 4.57 Å². The van der Waals surface area contributed by atoms with Gasteiger partial charge in [-0.3, -0.25) is 4.79 Å². The number of aromatic nitrogens is 1. The molecule has 128 valence electrons. The van der Waals surface area contributed by atoms with Crippen LogP contribution >= 0.6 is 27.3 Å². The van der Waals surface area contributed by atoms with Crippen LogP contribution in [0, 0.1) is 0 Å². The first-order valence-electron chi connectivity index (χ1n) is 7.71. The van der Waals surface area contributed by atoms with Crippen LogP contribution in [0.4, 0.5) is 0 Å². The fourth-order valence-electron chi connectivity index (χ4n) is 2.50. The molecule has 25 heavy (non-hydrogen) atoms. The van der Waals surface area contributed by atoms with Gasteiger partial charge in [-0.15, -0.1) is 6.58 Å². The number of hydrogen-bond donors (Lipinski definition) is 0. The van der Waals surface area contributed by atoms with Crippen molar-refractivity contribution in [2.45, 2.75) is 13.0 Å². The van der Waals surface area contributed by atoms with Gasteiger partial charge in [-0.1, -0.05) is 45.5 Å². The Kier molecular flexibility index (Phi) is 5.50. The summed E-state index contributed by atoms with van der Waals surface area (Å²) in [5.74, 6) is 0.598. The number of carbonyl (C=O) groups is 1. The number of amides is 1. The average Bonchev–Trinajstić information content (AvgIpc) is 2.92. The second-order valence-electron chi connectivity index (χ2n) is 5.43. The zero-order chi connectivity index (χ0) is 17.8. The highest BCUT2D eigenvalue weighted by molar-refractivity contribution is 9.10. The minimum absolute atomic E-state index is 0.173. The van der Waals surface area contributed by atoms with Crippen molar-refractivity contribution in [1.29, 1.82) is 0 Å². The normalized spacial score (nSPS) is 11.7. The van der Waals surface area contributed by atoms with Gasteiger partial charge in [0.05, 0.1) is 23.7 Å². The zero-order valence-electron chi connectivity index (χ0n) is 13.7. The van der Waals surface area contributed by atoms with E-state index in [1.165, 1.54) is 11.3 Å². The number of fused-ring (bicyclic) bond motifs is 1. The van der Waals surface area contributed by atoms with Crippen molar-refractivity contribution in [3.63, 3.8) is 0 Å². The highest BCUT2D eigenvalue weighted by Gasteiger charge is 2.08. The molecule has 0 bridgehead atoms. The third-order valence-electron chi connectivity index (χ3n) is 3.69. The zero-order valence-corrected chi connectivity index (χ0v) is 16.1. The maximum Gasteiger partial charge on any atom is 0.252 e. The van der Waals surface area contributed by atoms with Gasteiger partial charge in [0.1, 0.15) is 5.75 Å². The lowest BCUT2D eigenvalue weighted by atomic mass is 10.1. The molecule has 0 N–H and O–H groups in total.